The van der Waals surface area contributed by atoms with Crippen LogP contribution in [0.15, 0.2) is 42.5 Å². The van der Waals surface area contributed by atoms with E-state index in [1.807, 2.05) is 31.3 Å². The van der Waals surface area contributed by atoms with E-state index in [2.05, 4.69) is 25.1 Å². The fourth-order valence-electron chi connectivity index (χ4n) is 3.97. The van der Waals surface area contributed by atoms with Gasteiger partial charge in [-0.05, 0) is 36.8 Å². The fraction of sp³-hybridized carbons (Fsp3) is 0.435. The van der Waals surface area contributed by atoms with E-state index in [0.717, 1.165) is 44.0 Å². The van der Waals surface area contributed by atoms with Crippen LogP contribution < -0.4 is 14.5 Å². The number of rotatable bonds is 7. The Labute approximate surface area is 178 Å². The first-order valence-corrected chi connectivity index (χ1v) is 10.6. The van der Waals surface area contributed by atoms with Crippen molar-refractivity contribution in [1.82, 2.24) is 4.90 Å². The SMILES string of the molecule is COc1ccc(C)cc1C[NH+]1CC[NH+](CC(=O)N(C)Cc2cccc(Cl)c2)CC1. The second kappa shape index (κ2) is 10.1. The van der Waals surface area contributed by atoms with Crippen molar-refractivity contribution >= 4 is 17.5 Å². The van der Waals surface area contributed by atoms with E-state index in [-0.39, 0.29) is 5.91 Å². The molecule has 156 valence electrons. The van der Waals surface area contributed by atoms with Crippen molar-refractivity contribution in [3.05, 3.63) is 64.2 Å². The predicted octanol–water partition coefficient (Wildman–Crippen LogP) is 0.599. The quantitative estimate of drug-likeness (QED) is 0.692. The Hall–Kier alpha value is -2.08. The minimum atomic E-state index is 0.184. The molecule has 0 spiro atoms. The smallest absolute Gasteiger partial charge is 0.277 e. The van der Waals surface area contributed by atoms with Crippen LogP contribution in [0.4, 0.5) is 0 Å². The highest BCUT2D eigenvalue weighted by atomic mass is 35.5. The molecule has 1 amide bonds. The minimum absolute atomic E-state index is 0.184. The second-order valence-corrected chi connectivity index (χ2v) is 8.49. The number of carbonyl (C=O) groups excluding carboxylic acids is 1. The summed E-state index contributed by atoms with van der Waals surface area (Å²) in [7, 11) is 3.60. The number of aryl methyl sites for hydroxylation is 1. The molecule has 1 saturated heterocycles. The first-order chi connectivity index (χ1) is 13.9. The molecule has 0 radical (unpaired) electrons. The lowest BCUT2D eigenvalue weighted by Crippen LogP contribution is -3.28. The summed E-state index contributed by atoms with van der Waals surface area (Å²) in [5.74, 6) is 1.15. The van der Waals surface area contributed by atoms with Gasteiger partial charge in [0.2, 0.25) is 0 Å². The number of benzene rings is 2. The molecule has 2 aromatic rings. The lowest BCUT2D eigenvalue weighted by atomic mass is 10.1. The summed E-state index contributed by atoms with van der Waals surface area (Å²) < 4.78 is 5.52. The number of hydrogen-bond donors (Lipinski definition) is 2. The molecule has 0 aliphatic carbocycles. The van der Waals surface area contributed by atoms with Gasteiger partial charge in [0, 0.05) is 24.2 Å². The molecule has 6 heteroatoms. The number of amides is 1. The van der Waals surface area contributed by atoms with Gasteiger partial charge < -0.3 is 19.4 Å². The van der Waals surface area contributed by atoms with Crippen LogP contribution in [0.5, 0.6) is 5.75 Å². The zero-order valence-electron chi connectivity index (χ0n) is 17.6. The Bertz CT molecular complexity index is 835. The number of methoxy groups -OCH3 is 1. The molecule has 3 rings (SSSR count). The maximum absolute atomic E-state index is 12.6. The molecular weight excluding hydrogens is 386 g/mol. The van der Waals surface area contributed by atoms with Crippen LogP contribution in [-0.4, -0.2) is 57.7 Å². The van der Waals surface area contributed by atoms with E-state index in [9.17, 15) is 4.79 Å². The number of nitrogens with zero attached hydrogens (tertiary/aromatic N) is 1. The molecule has 0 bridgehead atoms. The van der Waals surface area contributed by atoms with E-state index >= 15 is 0 Å². The Morgan fingerprint density at radius 3 is 2.52 bits per heavy atom. The fourth-order valence-corrected chi connectivity index (χ4v) is 4.18. The van der Waals surface area contributed by atoms with Crippen molar-refractivity contribution in [3.8, 4) is 5.75 Å². The van der Waals surface area contributed by atoms with Crippen LogP contribution in [0.2, 0.25) is 5.02 Å². The molecule has 0 saturated carbocycles. The van der Waals surface area contributed by atoms with Crippen molar-refractivity contribution < 1.29 is 19.3 Å². The van der Waals surface area contributed by atoms with Crippen molar-refractivity contribution in [2.45, 2.75) is 20.0 Å². The molecule has 0 aromatic heterocycles. The van der Waals surface area contributed by atoms with Crippen LogP contribution in [0.1, 0.15) is 16.7 Å². The summed E-state index contributed by atoms with van der Waals surface area (Å²) in [6.45, 7) is 8.40. The van der Waals surface area contributed by atoms with Crippen LogP contribution in [0.3, 0.4) is 0 Å². The third kappa shape index (κ3) is 6.20. The van der Waals surface area contributed by atoms with Gasteiger partial charge >= 0.3 is 0 Å². The molecule has 2 N–H and O–H groups in total. The van der Waals surface area contributed by atoms with Crippen molar-refractivity contribution in [2.24, 2.45) is 0 Å². The zero-order valence-corrected chi connectivity index (χ0v) is 18.4. The molecule has 1 heterocycles. The summed E-state index contributed by atoms with van der Waals surface area (Å²) in [4.78, 5) is 17.4. The minimum Gasteiger partial charge on any atom is -0.496 e. The summed E-state index contributed by atoms with van der Waals surface area (Å²) in [6.07, 6.45) is 0. The van der Waals surface area contributed by atoms with Crippen LogP contribution in [0, 0.1) is 6.92 Å². The number of piperazine rings is 1. The number of ether oxygens (including phenoxy) is 1. The highest BCUT2D eigenvalue weighted by molar-refractivity contribution is 6.30. The first-order valence-electron chi connectivity index (χ1n) is 10.2. The highest BCUT2D eigenvalue weighted by Gasteiger charge is 2.26. The van der Waals surface area contributed by atoms with E-state index in [1.54, 1.807) is 16.9 Å². The van der Waals surface area contributed by atoms with Crippen LogP contribution in [0.25, 0.3) is 0 Å². The van der Waals surface area contributed by atoms with E-state index in [4.69, 9.17) is 16.3 Å². The monoisotopic (exact) mass is 417 g/mol. The summed E-state index contributed by atoms with van der Waals surface area (Å²) in [6, 6.07) is 14.1. The number of likely N-dealkylation sites (N-methyl/N-ethyl adjacent to an activating group) is 1. The summed E-state index contributed by atoms with van der Waals surface area (Å²) in [5, 5.41) is 0.707. The van der Waals surface area contributed by atoms with Gasteiger partial charge in [0.25, 0.3) is 5.91 Å². The maximum Gasteiger partial charge on any atom is 0.277 e. The van der Waals surface area contributed by atoms with Crippen molar-refractivity contribution in [3.63, 3.8) is 0 Å². The van der Waals surface area contributed by atoms with Gasteiger partial charge in [-0.2, -0.15) is 0 Å². The molecule has 29 heavy (non-hydrogen) atoms. The molecule has 5 nitrogen and oxygen atoms in total. The average Bonchev–Trinajstić information content (AvgIpc) is 2.69. The number of nitrogens with one attached hydrogen (secondary N) is 2. The van der Waals surface area contributed by atoms with E-state index in [1.165, 1.54) is 16.0 Å². The maximum atomic E-state index is 12.6. The van der Waals surface area contributed by atoms with Gasteiger partial charge in [-0.1, -0.05) is 35.4 Å². The lowest BCUT2D eigenvalue weighted by molar-refractivity contribution is -1.02. The Kier molecular flexibility index (Phi) is 7.53. The topological polar surface area (TPSA) is 38.4 Å². The lowest BCUT2D eigenvalue weighted by Gasteiger charge is -2.30. The molecule has 1 fully saturated rings. The number of carbonyl (C=O) groups is 1. The second-order valence-electron chi connectivity index (χ2n) is 8.05. The standard InChI is InChI=1S/C23H30ClN3O2/c1-18-7-8-22(29-3)20(13-18)16-26-9-11-27(12-10-26)17-23(28)25(2)15-19-5-4-6-21(24)14-19/h4-8,13-14H,9-12,15-17H2,1-3H3/p+2. The van der Waals surface area contributed by atoms with E-state index < -0.39 is 0 Å². The van der Waals surface area contributed by atoms with E-state index in [0.29, 0.717) is 18.1 Å². The molecule has 0 atom stereocenters. The van der Waals surface area contributed by atoms with Crippen LogP contribution in [-0.2, 0) is 17.9 Å². The molecule has 2 aromatic carbocycles. The van der Waals surface area contributed by atoms with Gasteiger partial charge in [0.1, 0.15) is 38.5 Å². The summed E-state index contributed by atoms with van der Waals surface area (Å²) >= 11 is 6.05. The van der Waals surface area contributed by atoms with Crippen LogP contribution >= 0.6 is 11.6 Å². The highest BCUT2D eigenvalue weighted by Crippen LogP contribution is 2.18. The number of quaternary nitrogens is 2. The number of hydrogen-bond acceptors (Lipinski definition) is 2. The Morgan fingerprint density at radius 2 is 1.83 bits per heavy atom. The zero-order chi connectivity index (χ0) is 20.8. The molecular formula is C23H32ClN3O2+2. The first kappa shape index (κ1) is 21.6. The molecule has 1 aliphatic rings. The Balaban J connectivity index is 1.47. The van der Waals surface area contributed by atoms with Gasteiger partial charge in [-0.25, -0.2) is 0 Å². The number of halogens is 1. The molecule has 1 aliphatic heterocycles. The normalized spacial score (nSPS) is 19.0. The van der Waals surface area contributed by atoms with Crippen molar-refractivity contribution in [1.29, 1.82) is 0 Å². The van der Waals surface area contributed by atoms with Crippen molar-refractivity contribution in [2.75, 3.05) is 46.9 Å². The summed E-state index contributed by atoms with van der Waals surface area (Å²) in [5.41, 5.74) is 3.59. The van der Waals surface area contributed by atoms with Gasteiger partial charge in [0.15, 0.2) is 6.54 Å². The Morgan fingerprint density at radius 1 is 1.10 bits per heavy atom. The average molecular weight is 418 g/mol. The van der Waals surface area contributed by atoms with Gasteiger partial charge in [0.05, 0.1) is 7.11 Å². The molecule has 0 unspecified atom stereocenters. The van der Waals surface area contributed by atoms with Gasteiger partial charge in [-0.3, -0.25) is 4.79 Å². The van der Waals surface area contributed by atoms with Gasteiger partial charge in [-0.15, -0.1) is 0 Å². The largest absolute Gasteiger partial charge is 0.496 e. The third-order valence-corrected chi connectivity index (χ3v) is 5.91. The predicted molar refractivity (Wildman–Crippen MR) is 116 cm³/mol. The third-order valence-electron chi connectivity index (χ3n) is 5.68.